The van der Waals surface area contributed by atoms with E-state index < -0.39 is 0 Å². The van der Waals surface area contributed by atoms with Gasteiger partial charge in [0.2, 0.25) is 0 Å². The first-order valence-corrected chi connectivity index (χ1v) is 7.21. The first kappa shape index (κ1) is 14.9. The topological polar surface area (TPSA) is 29.1 Å². The summed E-state index contributed by atoms with van der Waals surface area (Å²) in [7, 11) is 0. The molecule has 1 N–H and O–H groups in total. The van der Waals surface area contributed by atoms with Crippen LogP contribution in [0.25, 0.3) is 0 Å². The van der Waals surface area contributed by atoms with Crippen molar-refractivity contribution in [3.8, 4) is 0 Å². The van der Waals surface area contributed by atoms with Crippen molar-refractivity contribution in [1.82, 2.24) is 5.32 Å². The zero-order valence-corrected chi connectivity index (χ0v) is 12.8. The predicted octanol–water partition coefficient (Wildman–Crippen LogP) is 3.91. The maximum Gasteiger partial charge on any atom is 0.252 e. The van der Waals surface area contributed by atoms with Crippen LogP contribution in [0.2, 0.25) is 5.02 Å². The van der Waals surface area contributed by atoms with Gasteiger partial charge in [0.25, 0.3) is 5.91 Å². The molecule has 0 unspecified atom stereocenters. The number of rotatable bonds is 4. The highest BCUT2D eigenvalue weighted by Crippen LogP contribution is 2.19. The summed E-state index contributed by atoms with van der Waals surface area (Å²) in [6, 6.07) is 13.3. The molecule has 2 rings (SSSR count). The van der Waals surface area contributed by atoms with E-state index in [0.717, 1.165) is 11.3 Å². The number of nitrogens with one attached hydrogen (secondary N) is 1. The quantitative estimate of drug-likeness (QED) is 0.824. The third-order valence-corrected chi connectivity index (χ3v) is 3.74. The van der Waals surface area contributed by atoms with E-state index in [4.69, 9.17) is 11.6 Å². The smallest absolute Gasteiger partial charge is 0.252 e. The molecule has 0 aliphatic heterocycles. The van der Waals surface area contributed by atoms with E-state index in [-0.39, 0.29) is 5.91 Å². The van der Waals surface area contributed by atoms with Crippen LogP contribution in [-0.4, -0.2) is 12.5 Å². The van der Waals surface area contributed by atoms with Gasteiger partial charge in [-0.2, -0.15) is 0 Å². The minimum absolute atomic E-state index is 0.167. The molecule has 0 atom stereocenters. The number of hydrogen-bond donors (Lipinski definition) is 2. The lowest BCUT2D eigenvalue weighted by Crippen LogP contribution is -2.26. The molecule has 20 heavy (non-hydrogen) atoms. The van der Waals surface area contributed by atoms with Crippen LogP contribution in [0.1, 0.15) is 21.5 Å². The molecule has 0 heterocycles. The molecule has 0 saturated heterocycles. The summed E-state index contributed by atoms with van der Waals surface area (Å²) in [5.41, 5.74) is 2.93. The normalized spacial score (nSPS) is 10.3. The molecule has 1 amide bonds. The Kier molecular flexibility index (Phi) is 5.10. The molecule has 2 aromatic carbocycles. The van der Waals surface area contributed by atoms with Crippen LogP contribution in [0.15, 0.2) is 47.4 Å². The van der Waals surface area contributed by atoms with Crippen molar-refractivity contribution in [2.24, 2.45) is 0 Å². The number of carbonyl (C=O) groups is 1. The van der Waals surface area contributed by atoms with Gasteiger partial charge in [-0.05, 0) is 42.7 Å². The van der Waals surface area contributed by atoms with Crippen LogP contribution in [0.5, 0.6) is 0 Å². The largest absolute Gasteiger partial charge is 0.352 e. The molecule has 0 aliphatic carbocycles. The summed E-state index contributed by atoms with van der Waals surface area (Å²) in [5.74, 6) is -0.167. The van der Waals surface area contributed by atoms with Crippen molar-refractivity contribution in [3.63, 3.8) is 0 Å². The maximum atomic E-state index is 12.1. The van der Waals surface area contributed by atoms with E-state index in [2.05, 4.69) is 37.0 Å². The van der Waals surface area contributed by atoms with Gasteiger partial charge in [0.15, 0.2) is 0 Å². The van der Waals surface area contributed by atoms with Gasteiger partial charge in [0.1, 0.15) is 0 Å². The molecule has 0 saturated carbocycles. The second-order valence-electron chi connectivity index (χ2n) is 4.60. The van der Waals surface area contributed by atoms with Crippen LogP contribution in [-0.2, 0) is 6.42 Å². The molecular weight excluding hydrogens is 290 g/mol. The van der Waals surface area contributed by atoms with Gasteiger partial charge in [0.05, 0.1) is 10.6 Å². The number of carbonyl (C=O) groups excluding carboxylic acids is 1. The Hall–Kier alpha value is -1.45. The van der Waals surface area contributed by atoms with Gasteiger partial charge in [-0.25, -0.2) is 0 Å². The number of thiol groups is 1. The second-order valence-corrected chi connectivity index (χ2v) is 5.52. The summed E-state index contributed by atoms with van der Waals surface area (Å²) >= 11 is 10.2. The molecule has 0 radical (unpaired) electrons. The molecule has 0 fully saturated rings. The fraction of sp³-hybridized carbons (Fsp3) is 0.188. The molecule has 0 aliphatic rings. The van der Waals surface area contributed by atoms with E-state index in [1.165, 1.54) is 11.1 Å². The molecule has 4 heteroatoms. The van der Waals surface area contributed by atoms with Gasteiger partial charge >= 0.3 is 0 Å². The van der Waals surface area contributed by atoms with Crippen molar-refractivity contribution >= 4 is 30.1 Å². The summed E-state index contributed by atoms with van der Waals surface area (Å²) in [4.78, 5) is 12.8. The van der Waals surface area contributed by atoms with Crippen molar-refractivity contribution in [2.45, 2.75) is 18.2 Å². The Morgan fingerprint density at radius 2 is 2.00 bits per heavy atom. The molecule has 2 aromatic rings. The molecular formula is C16H16ClNOS. The molecule has 0 spiro atoms. The molecule has 0 bridgehead atoms. The zero-order valence-electron chi connectivity index (χ0n) is 11.2. The van der Waals surface area contributed by atoms with Crippen LogP contribution < -0.4 is 5.32 Å². The Morgan fingerprint density at radius 3 is 2.75 bits per heavy atom. The average molecular weight is 306 g/mol. The number of hydrogen-bond acceptors (Lipinski definition) is 2. The summed E-state index contributed by atoms with van der Waals surface area (Å²) < 4.78 is 0. The summed E-state index contributed by atoms with van der Waals surface area (Å²) in [6.45, 7) is 2.65. The monoisotopic (exact) mass is 305 g/mol. The molecule has 2 nitrogen and oxygen atoms in total. The first-order valence-electron chi connectivity index (χ1n) is 6.39. The third kappa shape index (κ3) is 3.78. The van der Waals surface area contributed by atoms with Crippen molar-refractivity contribution in [1.29, 1.82) is 0 Å². The number of benzene rings is 2. The molecule has 104 valence electrons. The highest BCUT2D eigenvalue weighted by atomic mass is 35.5. The fourth-order valence-corrected chi connectivity index (χ4v) is 2.39. The fourth-order valence-electron chi connectivity index (χ4n) is 1.98. The van der Waals surface area contributed by atoms with Gasteiger partial charge in [-0.3, -0.25) is 4.79 Å². The number of amides is 1. The van der Waals surface area contributed by atoms with E-state index in [9.17, 15) is 4.79 Å². The van der Waals surface area contributed by atoms with Crippen molar-refractivity contribution < 1.29 is 4.79 Å². The minimum Gasteiger partial charge on any atom is -0.352 e. The van der Waals surface area contributed by atoms with Crippen LogP contribution in [0.4, 0.5) is 0 Å². The highest BCUT2D eigenvalue weighted by Gasteiger charge is 2.10. The Labute approximate surface area is 129 Å². The Bertz CT molecular complexity index is 628. The highest BCUT2D eigenvalue weighted by molar-refractivity contribution is 7.80. The van der Waals surface area contributed by atoms with Crippen molar-refractivity contribution in [2.75, 3.05) is 6.54 Å². The predicted molar refractivity (Wildman–Crippen MR) is 85.9 cm³/mol. The molecule has 0 aromatic heterocycles. The average Bonchev–Trinajstić information content (AvgIpc) is 2.43. The standard InChI is InChI=1S/C16H16ClNOS/c1-11-4-2-3-5-12(11)8-9-18-16(19)14-10-13(20)6-7-15(14)17/h2-7,10,20H,8-9H2,1H3,(H,18,19). The minimum atomic E-state index is -0.167. The van der Waals surface area contributed by atoms with Gasteiger partial charge in [-0.1, -0.05) is 35.9 Å². The van der Waals surface area contributed by atoms with E-state index in [0.29, 0.717) is 17.1 Å². The van der Waals surface area contributed by atoms with Crippen molar-refractivity contribution in [3.05, 3.63) is 64.2 Å². The van der Waals surface area contributed by atoms with E-state index in [1.807, 2.05) is 12.1 Å². The lowest BCUT2D eigenvalue weighted by Gasteiger charge is -2.09. The lowest BCUT2D eigenvalue weighted by molar-refractivity contribution is 0.0954. The van der Waals surface area contributed by atoms with E-state index >= 15 is 0 Å². The number of halogens is 1. The number of aryl methyl sites for hydroxylation is 1. The second kappa shape index (κ2) is 6.82. The van der Waals surface area contributed by atoms with Gasteiger partial charge in [0, 0.05) is 11.4 Å². The summed E-state index contributed by atoms with van der Waals surface area (Å²) in [5, 5.41) is 3.33. The zero-order chi connectivity index (χ0) is 14.5. The van der Waals surface area contributed by atoms with Crippen LogP contribution >= 0.6 is 24.2 Å². The third-order valence-electron chi connectivity index (χ3n) is 3.14. The first-order chi connectivity index (χ1) is 9.58. The Balaban J connectivity index is 1.96. The van der Waals surface area contributed by atoms with Crippen LogP contribution in [0.3, 0.4) is 0 Å². The van der Waals surface area contributed by atoms with E-state index in [1.54, 1.807) is 18.2 Å². The van der Waals surface area contributed by atoms with Crippen LogP contribution in [0, 0.1) is 6.92 Å². The Morgan fingerprint density at radius 1 is 1.25 bits per heavy atom. The summed E-state index contributed by atoms with van der Waals surface area (Å²) in [6.07, 6.45) is 0.802. The lowest BCUT2D eigenvalue weighted by atomic mass is 10.1. The maximum absolute atomic E-state index is 12.1. The van der Waals surface area contributed by atoms with Gasteiger partial charge in [-0.15, -0.1) is 12.6 Å². The SMILES string of the molecule is Cc1ccccc1CCNC(=O)c1cc(S)ccc1Cl. The van der Waals surface area contributed by atoms with Gasteiger partial charge < -0.3 is 5.32 Å².